The highest BCUT2D eigenvalue weighted by atomic mass is 19.4. The molecule has 0 saturated heterocycles. The van der Waals surface area contributed by atoms with Crippen molar-refractivity contribution < 1.29 is 26.7 Å². The topological polar surface area (TPSA) is 68.1 Å². The van der Waals surface area contributed by atoms with E-state index in [2.05, 4.69) is 4.74 Å². The SMILES string of the molecule is Nc1cc(=O)[nH]c(OC(F)(F)F)c1C(F)F. The molecule has 16 heavy (non-hydrogen) atoms. The molecule has 0 saturated carbocycles. The number of rotatable bonds is 2. The smallest absolute Gasteiger partial charge is 0.398 e. The Morgan fingerprint density at radius 1 is 1.38 bits per heavy atom. The number of aromatic amines is 1. The van der Waals surface area contributed by atoms with E-state index in [0.717, 1.165) is 0 Å². The summed E-state index contributed by atoms with van der Waals surface area (Å²) in [6, 6.07) is 0.546. The lowest BCUT2D eigenvalue weighted by molar-refractivity contribution is -0.276. The molecular formula is C7H5F5N2O2. The van der Waals surface area contributed by atoms with Crippen LogP contribution < -0.4 is 16.0 Å². The summed E-state index contributed by atoms with van der Waals surface area (Å²) in [5, 5.41) is 0. The highest BCUT2D eigenvalue weighted by Crippen LogP contribution is 2.33. The van der Waals surface area contributed by atoms with E-state index < -0.39 is 35.5 Å². The van der Waals surface area contributed by atoms with E-state index in [-0.39, 0.29) is 0 Å². The van der Waals surface area contributed by atoms with Crippen LogP contribution in [0.2, 0.25) is 0 Å². The summed E-state index contributed by atoms with van der Waals surface area (Å²) in [6.45, 7) is 0. The van der Waals surface area contributed by atoms with E-state index in [0.29, 0.717) is 6.07 Å². The number of nitrogens with two attached hydrogens (primary N) is 1. The minimum atomic E-state index is -5.19. The quantitative estimate of drug-likeness (QED) is 0.779. The molecule has 4 nitrogen and oxygen atoms in total. The number of aromatic nitrogens is 1. The van der Waals surface area contributed by atoms with Gasteiger partial charge in [-0.3, -0.25) is 9.78 Å². The Morgan fingerprint density at radius 2 is 1.94 bits per heavy atom. The van der Waals surface area contributed by atoms with Crippen LogP contribution in [0.25, 0.3) is 0 Å². The third kappa shape index (κ3) is 2.84. The van der Waals surface area contributed by atoms with E-state index in [9.17, 15) is 26.7 Å². The number of hydrogen-bond donors (Lipinski definition) is 2. The molecule has 1 heterocycles. The predicted octanol–water partition coefficient (Wildman–Crippen LogP) is 1.79. The summed E-state index contributed by atoms with van der Waals surface area (Å²) in [5.41, 5.74) is 1.96. The molecule has 0 unspecified atom stereocenters. The number of halogens is 5. The van der Waals surface area contributed by atoms with E-state index in [4.69, 9.17) is 5.73 Å². The van der Waals surface area contributed by atoms with Crippen molar-refractivity contribution in [1.29, 1.82) is 0 Å². The van der Waals surface area contributed by atoms with Gasteiger partial charge >= 0.3 is 6.36 Å². The second-order valence-electron chi connectivity index (χ2n) is 2.68. The van der Waals surface area contributed by atoms with Crippen LogP contribution in [0.3, 0.4) is 0 Å². The van der Waals surface area contributed by atoms with E-state index >= 15 is 0 Å². The first-order chi connectivity index (χ1) is 7.20. The first kappa shape index (κ1) is 12.3. The normalized spacial score (nSPS) is 11.9. The van der Waals surface area contributed by atoms with Gasteiger partial charge in [-0.2, -0.15) is 0 Å². The lowest BCUT2D eigenvalue weighted by atomic mass is 10.2. The van der Waals surface area contributed by atoms with Crippen molar-refractivity contribution >= 4 is 5.69 Å². The third-order valence-electron chi connectivity index (χ3n) is 1.51. The molecule has 1 aromatic heterocycles. The van der Waals surface area contributed by atoms with Crippen molar-refractivity contribution in [2.75, 3.05) is 5.73 Å². The number of pyridine rings is 1. The second-order valence-corrected chi connectivity index (χ2v) is 2.68. The van der Waals surface area contributed by atoms with Crippen LogP contribution in [0.1, 0.15) is 12.0 Å². The van der Waals surface area contributed by atoms with Crippen LogP contribution in [0, 0.1) is 0 Å². The number of nitrogens with one attached hydrogen (secondary N) is 1. The molecule has 0 aliphatic rings. The van der Waals surface area contributed by atoms with Crippen LogP contribution in [-0.4, -0.2) is 11.3 Å². The van der Waals surface area contributed by atoms with Crippen molar-refractivity contribution in [2.24, 2.45) is 0 Å². The van der Waals surface area contributed by atoms with Crippen molar-refractivity contribution in [3.63, 3.8) is 0 Å². The fourth-order valence-electron chi connectivity index (χ4n) is 0.987. The Kier molecular flexibility index (Phi) is 3.06. The van der Waals surface area contributed by atoms with Gasteiger partial charge in [0.25, 0.3) is 12.0 Å². The van der Waals surface area contributed by atoms with Crippen molar-refractivity contribution in [3.05, 3.63) is 22.0 Å². The molecule has 0 fully saturated rings. The molecule has 0 atom stereocenters. The standard InChI is InChI=1S/C7H5F5N2O2/c8-5(9)4-2(13)1-3(15)14-6(4)16-7(10,11)12/h1,5H,(H3,13,14,15). The van der Waals surface area contributed by atoms with E-state index in [1.807, 2.05) is 0 Å². The Morgan fingerprint density at radius 3 is 2.38 bits per heavy atom. The molecule has 0 bridgehead atoms. The Labute approximate surface area is 84.8 Å². The summed E-state index contributed by atoms with van der Waals surface area (Å²) < 4.78 is 63.4. The van der Waals surface area contributed by atoms with Gasteiger partial charge in [0.05, 0.1) is 5.69 Å². The highest BCUT2D eigenvalue weighted by molar-refractivity contribution is 5.51. The largest absolute Gasteiger partial charge is 0.574 e. The molecule has 0 aliphatic heterocycles. The number of H-pyrrole nitrogens is 1. The van der Waals surface area contributed by atoms with Crippen molar-refractivity contribution in [2.45, 2.75) is 12.8 Å². The second kappa shape index (κ2) is 3.99. The molecule has 0 spiro atoms. The average Bonchev–Trinajstić information content (AvgIpc) is 1.96. The first-order valence-electron chi connectivity index (χ1n) is 3.77. The minimum Gasteiger partial charge on any atom is -0.398 e. The third-order valence-corrected chi connectivity index (χ3v) is 1.51. The van der Waals surface area contributed by atoms with Crippen LogP contribution in [0.4, 0.5) is 27.6 Å². The molecular weight excluding hydrogens is 239 g/mol. The zero-order valence-electron chi connectivity index (χ0n) is 7.44. The minimum absolute atomic E-state index is 0.546. The monoisotopic (exact) mass is 244 g/mol. The van der Waals surface area contributed by atoms with Crippen LogP contribution in [0.15, 0.2) is 10.9 Å². The lowest BCUT2D eigenvalue weighted by Gasteiger charge is -2.13. The summed E-state index contributed by atoms with van der Waals surface area (Å²) >= 11 is 0. The fraction of sp³-hybridized carbons (Fsp3) is 0.286. The van der Waals surface area contributed by atoms with Gasteiger partial charge < -0.3 is 10.5 Å². The molecule has 90 valence electrons. The number of anilines is 1. The first-order valence-corrected chi connectivity index (χ1v) is 3.77. The van der Waals surface area contributed by atoms with Gasteiger partial charge in [-0.05, 0) is 0 Å². The van der Waals surface area contributed by atoms with Crippen molar-refractivity contribution in [3.8, 4) is 5.88 Å². The zero-order chi connectivity index (χ0) is 12.5. The Bertz CT molecular complexity index is 439. The molecule has 0 aromatic carbocycles. The van der Waals surface area contributed by atoms with Crippen LogP contribution in [-0.2, 0) is 0 Å². The van der Waals surface area contributed by atoms with Crippen molar-refractivity contribution in [1.82, 2.24) is 4.98 Å². The maximum absolute atomic E-state index is 12.3. The number of hydrogen-bond acceptors (Lipinski definition) is 3. The number of ether oxygens (including phenoxy) is 1. The highest BCUT2D eigenvalue weighted by Gasteiger charge is 2.34. The van der Waals surface area contributed by atoms with Gasteiger partial charge in [0.15, 0.2) is 0 Å². The molecule has 3 N–H and O–H groups in total. The zero-order valence-corrected chi connectivity index (χ0v) is 7.44. The summed E-state index contributed by atoms with van der Waals surface area (Å²) in [7, 11) is 0. The molecule has 0 aliphatic carbocycles. The maximum atomic E-state index is 12.3. The molecule has 9 heteroatoms. The summed E-state index contributed by atoms with van der Waals surface area (Å²) in [6.07, 6.45) is -8.49. The van der Waals surface area contributed by atoms with E-state index in [1.165, 1.54) is 4.98 Å². The van der Waals surface area contributed by atoms with E-state index in [1.54, 1.807) is 0 Å². The number of nitrogen functional groups attached to an aromatic ring is 1. The Balaban J connectivity index is 3.30. The number of alkyl halides is 5. The maximum Gasteiger partial charge on any atom is 0.574 e. The molecule has 0 amide bonds. The lowest BCUT2D eigenvalue weighted by Crippen LogP contribution is -2.22. The van der Waals surface area contributed by atoms with Gasteiger partial charge in [0.2, 0.25) is 5.88 Å². The van der Waals surface area contributed by atoms with Gasteiger partial charge in [-0.1, -0.05) is 0 Å². The van der Waals surface area contributed by atoms with Gasteiger partial charge in [0.1, 0.15) is 5.56 Å². The van der Waals surface area contributed by atoms with Gasteiger partial charge in [-0.15, -0.1) is 13.2 Å². The predicted molar refractivity (Wildman–Crippen MR) is 43.1 cm³/mol. The average molecular weight is 244 g/mol. The van der Waals surface area contributed by atoms with Gasteiger partial charge in [0, 0.05) is 6.07 Å². The summed E-state index contributed by atoms with van der Waals surface area (Å²) in [5.74, 6) is -1.40. The molecule has 1 aromatic rings. The van der Waals surface area contributed by atoms with Crippen LogP contribution >= 0.6 is 0 Å². The fourth-order valence-corrected chi connectivity index (χ4v) is 0.987. The summed E-state index contributed by atoms with van der Waals surface area (Å²) in [4.78, 5) is 12.2. The van der Waals surface area contributed by atoms with Gasteiger partial charge in [-0.25, -0.2) is 8.78 Å². The molecule has 0 radical (unpaired) electrons. The van der Waals surface area contributed by atoms with Crippen LogP contribution in [0.5, 0.6) is 5.88 Å². The Hall–Kier alpha value is -1.80. The molecule has 1 rings (SSSR count).